The third-order valence-corrected chi connectivity index (χ3v) is 4.03. The fraction of sp³-hybridized carbons (Fsp3) is 1.00. The van der Waals surface area contributed by atoms with Crippen LogP contribution in [-0.4, -0.2) is 30.1 Å². The second kappa shape index (κ2) is 7.38. The quantitative estimate of drug-likeness (QED) is 0.772. The van der Waals surface area contributed by atoms with Crippen molar-refractivity contribution in [2.24, 2.45) is 17.6 Å². The molecule has 2 heteroatoms. The number of hydrogen-bond acceptors (Lipinski definition) is 2. The van der Waals surface area contributed by atoms with Crippen LogP contribution >= 0.6 is 0 Å². The van der Waals surface area contributed by atoms with E-state index in [9.17, 15) is 0 Å². The molecule has 1 aliphatic rings. The monoisotopic (exact) mass is 240 g/mol. The summed E-state index contributed by atoms with van der Waals surface area (Å²) in [4.78, 5) is 2.56. The van der Waals surface area contributed by atoms with Crippen LogP contribution in [0.2, 0.25) is 0 Å². The van der Waals surface area contributed by atoms with Crippen molar-refractivity contribution in [2.75, 3.05) is 13.1 Å². The van der Waals surface area contributed by atoms with Gasteiger partial charge in [0.2, 0.25) is 0 Å². The van der Waals surface area contributed by atoms with Crippen LogP contribution in [0.25, 0.3) is 0 Å². The minimum atomic E-state index is 0.386. The number of nitrogens with two attached hydrogens (primary N) is 1. The topological polar surface area (TPSA) is 29.3 Å². The molecule has 1 rings (SSSR count). The lowest BCUT2D eigenvalue weighted by Crippen LogP contribution is -2.46. The van der Waals surface area contributed by atoms with Gasteiger partial charge in [-0.05, 0) is 38.5 Å². The summed E-state index contributed by atoms with van der Waals surface area (Å²) in [6.07, 6.45) is 6.92. The first-order valence-corrected chi connectivity index (χ1v) is 7.50. The highest BCUT2D eigenvalue weighted by Crippen LogP contribution is 2.26. The fourth-order valence-corrected chi connectivity index (χ4v) is 2.95. The number of rotatable bonds is 6. The molecule has 1 aliphatic carbocycles. The molecule has 1 saturated carbocycles. The minimum absolute atomic E-state index is 0.386. The van der Waals surface area contributed by atoms with E-state index in [4.69, 9.17) is 5.73 Å². The van der Waals surface area contributed by atoms with Gasteiger partial charge in [0.25, 0.3) is 0 Å². The van der Waals surface area contributed by atoms with E-state index >= 15 is 0 Å². The van der Waals surface area contributed by atoms with Crippen molar-refractivity contribution in [3.05, 3.63) is 0 Å². The molecule has 1 unspecified atom stereocenters. The molecule has 0 heterocycles. The van der Waals surface area contributed by atoms with Crippen LogP contribution in [0.1, 0.15) is 59.8 Å². The van der Waals surface area contributed by atoms with E-state index in [0.717, 1.165) is 18.4 Å². The molecule has 1 atom stereocenters. The molecule has 17 heavy (non-hydrogen) atoms. The zero-order chi connectivity index (χ0) is 12.8. The van der Waals surface area contributed by atoms with Crippen molar-refractivity contribution in [3.8, 4) is 0 Å². The van der Waals surface area contributed by atoms with Crippen LogP contribution < -0.4 is 5.73 Å². The van der Waals surface area contributed by atoms with E-state index in [2.05, 4.69) is 32.6 Å². The summed E-state index contributed by atoms with van der Waals surface area (Å²) in [5, 5.41) is 0. The third-order valence-electron chi connectivity index (χ3n) is 4.03. The molecule has 0 radical (unpaired) electrons. The summed E-state index contributed by atoms with van der Waals surface area (Å²) in [7, 11) is 0. The standard InChI is InChI=1S/C15H32N2/c1-12(2)10-17(13(3)4)11-15(16)14-8-6-5-7-9-14/h12-15H,5-11,16H2,1-4H3. The van der Waals surface area contributed by atoms with E-state index in [0.29, 0.717) is 12.1 Å². The smallest absolute Gasteiger partial charge is 0.0196 e. The van der Waals surface area contributed by atoms with Gasteiger partial charge in [-0.25, -0.2) is 0 Å². The molecule has 2 nitrogen and oxygen atoms in total. The highest BCUT2D eigenvalue weighted by atomic mass is 15.2. The lowest BCUT2D eigenvalue weighted by molar-refractivity contribution is 0.158. The van der Waals surface area contributed by atoms with E-state index in [-0.39, 0.29) is 0 Å². The molecule has 0 aromatic rings. The van der Waals surface area contributed by atoms with Gasteiger partial charge in [0.15, 0.2) is 0 Å². The molecule has 102 valence electrons. The molecule has 0 amide bonds. The maximum Gasteiger partial charge on any atom is 0.0196 e. The Labute approximate surface area is 108 Å². The van der Waals surface area contributed by atoms with Crippen LogP contribution in [0.5, 0.6) is 0 Å². The van der Waals surface area contributed by atoms with Crippen LogP contribution in [0, 0.1) is 11.8 Å². The van der Waals surface area contributed by atoms with Crippen molar-refractivity contribution >= 4 is 0 Å². The average Bonchev–Trinajstić information content (AvgIpc) is 2.28. The van der Waals surface area contributed by atoms with Gasteiger partial charge in [-0.2, -0.15) is 0 Å². The molecule has 0 saturated heterocycles. The highest BCUT2D eigenvalue weighted by Gasteiger charge is 2.23. The van der Waals surface area contributed by atoms with Gasteiger partial charge in [-0.3, -0.25) is 4.90 Å². The molecule has 0 aromatic carbocycles. The molecule has 0 spiro atoms. The normalized spacial score (nSPS) is 20.5. The van der Waals surface area contributed by atoms with Gasteiger partial charge in [0.05, 0.1) is 0 Å². The molecule has 0 aromatic heterocycles. The Morgan fingerprint density at radius 3 is 2.06 bits per heavy atom. The van der Waals surface area contributed by atoms with Crippen LogP contribution in [0.3, 0.4) is 0 Å². The SMILES string of the molecule is CC(C)CN(CC(N)C1CCCCC1)C(C)C. The van der Waals surface area contributed by atoms with Crippen molar-refractivity contribution in [1.29, 1.82) is 0 Å². The predicted octanol–water partition coefficient (Wildman–Crippen LogP) is 3.26. The maximum atomic E-state index is 6.42. The Balaban J connectivity index is 2.41. The van der Waals surface area contributed by atoms with E-state index in [1.165, 1.54) is 38.6 Å². The Morgan fingerprint density at radius 2 is 1.59 bits per heavy atom. The summed E-state index contributed by atoms with van der Waals surface area (Å²) < 4.78 is 0. The summed E-state index contributed by atoms with van der Waals surface area (Å²) in [6.45, 7) is 11.4. The Hall–Kier alpha value is -0.0800. The van der Waals surface area contributed by atoms with Crippen molar-refractivity contribution in [3.63, 3.8) is 0 Å². The Morgan fingerprint density at radius 1 is 1.00 bits per heavy atom. The lowest BCUT2D eigenvalue weighted by atomic mass is 9.84. The Kier molecular flexibility index (Phi) is 6.50. The van der Waals surface area contributed by atoms with E-state index in [1.54, 1.807) is 0 Å². The van der Waals surface area contributed by atoms with Crippen LogP contribution in [-0.2, 0) is 0 Å². The van der Waals surface area contributed by atoms with Crippen molar-refractivity contribution in [1.82, 2.24) is 4.90 Å². The first kappa shape index (κ1) is 15.0. The first-order valence-electron chi connectivity index (χ1n) is 7.50. The van der Waals surface area contributed by atoms with Crippen molar-refractivity contribution < 1.29 is 0 Å². The van der Waals surface area contributed by atoms with Crippen LogP contribution in [0.15, 0.2) is 0 Å². The third kappa shape index (κ3) is 5.39. The zero-order valence-corrected chi connectivity index (χ0v) is 12.3. The van der Waals surface area contributed by atoms with Crippen LogP contribution in [0.4, 0.5) is 0 Å². The van der Waals surface area contributed by atoms with Gasteiger partial charge in [0, 0.05) is 25.2 Å². The number of nitrogens with zero attached hydrogens (tertiary/aromatic N) is 1. The van der Waals surface area contributed by atoms with Gasteiger partial charge >= 0.3 is 0 Å². The van der Waals surface area contributed by atoms with E-state index in [1.807, 2.05) is 0 Å². The average molecular weight is 240 g/mol. The second-order valence-electron chi connectivity index (χ2n) is 6.50. The van der Waals surface area contributed by atoms with Crippen molar-refractivity contribution in [2.45, 2.75) is 71.9 Å². The predicted molar refractivity (Wildman–Crippen MR) is 76.1 cm³/mol. The number of hydrogen-bond donors (Lipinski definition) is 1. The largest absolute Gasteiger partial charge is 0.326 e. The fourth-order valence-electron chi connectivity index (χ4n) is 2.95. The summed E-state index contributed by atoms with van der Waals surface area (Å²) >= 11 is 0. The zero-order valence-electron chi connectivity index (χ0n) is 12.3. The van der Waals surface area contributed by atoms with Gasteiger partial charge in [0.1, 0.15) is 0 Å². The molecule has 0 bridgehead atoms. The Bertz CT molecular complexity index is 195. The lowest BCUT2D eigenvalue weighted by Gasteiger charge is -2.35. The molecule has 1 fully saturated rings. The molecule has 0 aliphatic heterocycles. The minimum Gasteiger partial charge on any atom is -0.326 e. The highest BCUT2D eigenvalue weighted by molar-refractivity contribution is 4.80. The van der Waals surface area contributed by atoms with Gasteiger partial charge < -0.3 is 5.73 Å². The van der Waals surface area contributed by atoms with Gasteiger partial charge in [-0.15, -0.1) is 0 Å². The maximum absolute atomic E-state index is 6.42. The summed E-state index contributed by atoms with van der Waals surface area (Å²) in [6, 6.07) is 1.00. The first-order chi connectivity index (χ1) is 8.00. The molecular formula is C15H32N2. The summed E-state index contributed by atoms with van der Waals surface area (Å²) in [5.74, 6) is 1.51. The van der Waals surface area contributed by atoms with Gasteiger partial charge in [-0.1, -0.05) is 33.1 Å². The molecular weight excluding hydrogens is 208 g/mol. The molecule has 2 N–H and O–H groups in total. The second-order valence-corrected chi connectivity index (χ2v) is 6.50. The summed E-state index contributed by atoms with van der Waals surface area (Å²) in [5.41, 5.74) is 6.42. The van der Waals surface area contributed by atoms with E-state index < -0.39 is 0 Å².